The monoisotopic (exact) mass is 372 g/mol. The lowest BCUT2D eigenvalue weighted by Crippen LogP contribution is -2.46. The number of amides is 4. The topological polar surface area (TPSA) is 151 Å². The molecule has 0 aliphatic rings. The van der Waals surface area contributed by atoms with Crippen LogP contribution in [0.15, 0.2) is 48.8 Å². The highest BCUT2D eigenvalue weighted by atomic mass is 16.3. The van der Waals surface area contributed by atoms with Gasteiger partial charge in [-0.25, -0.2) is 14.8 Å². The van der Waals surface area contributed by atoms with Gasteiger partial charge < -0.3 is 21.5 Å². The van der Waals surface area contributed by atoms with Gasteiger partial charge in [-0.1, -0.05) is 30.3 Å². The molecule has 0 fully saturated rings. The third-order valence-corrected chi connectivity index (χ3v) is 3.54. The molecule has 5 N–H and O–H groups in total. The van der Waals surface area contributed by atoms with E-state index in [2.05, 4.69) is 20.6 Å². The van der Waals surface area contributed by atoms with Crippen LogP contribution in [0.3, 0.4) is 0 Å². The van der Waals surface area contributed by atoms with Gasteiger partial charge in [-0.3, -0.25) is 14.5 Å². The second-order valence-electron chi connectivity index (χ2n) is 5.40. The number of hydrogen-bond acceptors (Lipinski definition) is 6. The zero-order chi connectivity index (χ0) is 19.6. The van der Waals surface area contributed by atoms with Crippen LogP contribution in [-0.4, -0.2) is 52.6 Å². The van der Waals surface area contributed by atoms with E-state index < -0.39 is 30.5 Å². The molecule has 0 radical (unpaired) electrons. The van der Waals surface area contributed by atoms with Crippen LogP contribution in [0, 0.1) is 0 Å². The summed E-state index contributed by atoms with van der Waals surface area (Å²) in [6.45, 7) is -0.643. The zero-order valence-corrected chi connectivity index (χ0v) is 14.4. The Kier molecular flexibility index (Phi) is 7.20. The van der Waals surface area contributed by atoms with E-state index in [0.29, 0.717) is 5.56 Å². The lowest BCUT2D eigenvalue weighted by Gasteiger charge is -2.21. The van der Waals surface area contributed by atoms with Crippen molar-refractivity contribution in [2.45, 2.75) is 6.04 Å². The minimum atomic E-state index is -0.985. The smallest absolute Gasteiger partial charge is 0.321 e. The third-order valence-electron chi connectivity index (χ3n) is 3.54. The lowest BCUT2D eigenvalue weighted by molar-refractivity contribution is -0.130. The molecule has 0 bridgehead atoms. The van der Waals surface area contributed by atoms with Crippen molar-refractivity contribution in [1.29, 1.82) is 0 Å². The van der Waals surface area contributed by atoms with Crippen molar-refractivity contribution >= 4 is 23.8 Å². The summed E-state index contributed by atoms with van der Waals surface area (Å²) in [6.07, 6.45) is 2.93. The van der Waals surface area contributed by atoms with Gasteiger partial charge in [-0.2, -0.15) is 0 Å². The highest BCUT2D eigenvalue weighted by Gasteiger charge is 2.23. The Hall–Kier alpha value is -3.53. The summed E-state index contributed by atoms with van der Waals surface area (Å²) in [5.74, 6) is -1.07. The molecule has 1 aromatic heterocycles. The van der Waals surface area contributed by atoms with Crippen molar-refractivity contribution in [2.75, 3.05) is 24.6 Å². The zero-order valence-electron chi connectivity index (χ0n) is 14.4. The summed E-state index contributed by atoms with van der Waals surface area (Å²) in [5.41, 5.74) is 5.88. The molecule has 0 saturated heterocycles. The van der Waals surface area contributed by atoms with Gasteiger partial charge in [0.05, 0.1) is 0 Å². The molecular weight excluding hydrogens is 352 g/mol. The summed E-state index contributed by atoms with van der Waals surface area (Å²) in [4.78, 5) is 44.6. The van der Waals surface area contributed by atoms with Crippen LogP contribution in [-0.2, 0) is 9.59 Å². The number of urea groups is 1. The van der Waals surface area contributed by atoms with Crippen LogP contribution in [0.1, 0.15) is 11.6 Å². The maximum atomic E-state index is 12.5. The summed E-state index contributed by atoms with van der Waals surface area (Å²) >= 11 is 0. The Morgan fingerprint density at radius 1 is 1.11 bits per heavy atom. The molecule has 0 aliphatic carbocycles. The van der Waals surface area contributed by atoms with Crippen LogP contribution in [0.25, 0.3) is 0 Å². The molecule has 0 saturated carbocycles. The number of primary amides is 1. The maximum absolute atomic E-state index is 12.5. The first kappa shape index (κ1) is 19.8. The number of nitrogens with two attached hydrogens (primary N) is 1. The van der Waals surface area contributed by atoms with E-state index >= 15 is 0 Å². The Labute approximate surface area is 155 Å². The van der Waals surface area contributed by atoms with E-state index in [1.54, 1.807) is 36.4 Å². The first-order chi connectivity index (χ1) is 13.0. The van der Waals surface area contributed by atoms with Gasteiger partial charge in [0.15, 0.2) is 0 Å². The number of aromatic nitrogens is 2. The SMILES string of the molecule is NC(=O)N(CCNC(=O)[C@H](NC(=O)CO)c1ccccc1)c1ncccn1. The molecular formula is C17H20N6O4. The standard InChI is InChI=1S/C17H20N6O4/c18-16(27)23(17-20-7-4-8-21-17)10-9-19-15(26)14(22-13(25)11-24)12-5-2-1-3-6-12/h1-8,14,24H,9-11H2,(H2,18,27)(H,19,26)(H,22,25)/t14-/m1/s1. The van der Waals surface area contributed by atoms with Crippen molar-refractivity contribution in [1.82, 2.24) is 20.6 Å². The largest absolute Gasteiger partial charge is 0.387 e. The number of aliphatic hydroxyl groups excluding tert-OH is 1. The molecule has 27 heavy (non-hydrogen) atoms. The number of carbonyl (C=O) groups excluding carboxylic acids is 3. The first-order valence-electron chi connectivity index (χ1n) is 8.09. The Bertz CT molecular complexity index is 772. The van der Waals surface area contributed by atoms with Gasteiger partial charge in [-0.15, -0.1) is 0 Å². The quantitative estimate of drug-likeness (QED) is 0.482. The lowest BCUT2D eigenvalue weighted by atomic mass is 10.1. The van der Waals surface area contributed by atoms with Gasteiger partial charge in [0, 0.05) is 25.5 Å². The van der Waals surface area contributed by atoms with Crippen LogP contribution >= 0.6 is 0 Å². The van der Waals surface area contributed by atoms with Crippen molar-refractivity contribution in [3.05, 3.63) is 54.4 Å². The van der Waals surface area contributed by atoms with Crippen molar-refractivity contribution in [3.63, 3.8) is 0 Å². The Morgan fingerprint density at radius 2 is 1.78 bits per heavy atom. The van der Waals surface area contributed by atoms with Crippen LogP contribution < -0.4 is 21.3 Å². The molecule has 10 heteroatoms. The fourth-order valence-electron chi connectivity index (χ4n) is 2.28. The molecule has 142 valence electrons. The van der Waals surface area contributed by atoms with Crippen LogP contribution in [0.2, 0.25) is 0 Å². The summed E-state index contributed by atoms with van der Waals surface area (Å²) in [7, 11) is 0. The number of aliphatic hydroxyl groups is 1. The van der Waals surface area contributed by atoms with Gasteiger partial charge in [-0.05, 0) is 11.6 Å². The number of carbonyl (C=O) groups is 3. The van der Waals surface area contributed by atoms with Gasteiger partial charge in [0.25, 0.3) is 0 Å². The Balaban J connectivity index is 2.02. The number of anilines is 1. The minimum absolute atomic E-state index is 0.0422. The molecule has 1 atom stereocenters. The minimum Gasteiger partial charge on any atom is -0.387 e. The fraction of sp³-hybridized carbons (Fsp3) is 0.235. The van der Waals surface area contributed by atoms with Crippen molar-refractivity contribution in [3.8, 4) is 0 Å². The van der Waals surface area contributed by atoms with Crippen molar-refractivity contribution in [2.24, 2.45) is 5.73 Å². The number of rotatable bonds is 8. The van der Waals surface area contributed by atoms with E-state index in [1.807, 2.05) is 0 Å². The predicted octanol–water partition coefficient (Wildman–Crippen LogP) is -0.672. The molecule has 0 unspecified atom stereocenters. The normalized spacial score (nSPS) is 11.3. The van der Waals surface area contributed by atoms with Gasteiger partial charge in [0.2, 0.25) is 17.8 Å². The molecule has 4 amide bonds. The second-order valence-corrected chi connectivity index (χ2v) is 5.40. The average Bonchev–Trinajstić information content (AvgIpc) is 2.70. The van der Waals surface area contributed by atoms with E-state index in [0.717, 1.165) is 4.90 Å². The van der Waals surface area contributed by atoms with Gasteiger partial charge in [0.1, 0.15) is 12.6 Å². The van der Waals surface area contributed by atoms with E-state index in [1.165, 1.54) is 12.4 Å². The predicted molar refractivity (Wildman–Crippen MR) is 96.4 cm³/mol. The van der Waals surface area contributed by atoms with Crippen LogP contribution in [0.5, 0.6) is 0 Å². The summed E-state index contributed by atoms with van der Waals surface area (Å²) in [6, 6.07) is 8.43. The van der Waals surface area contributed by atoms with E-state index in [-0.39, 0.29) is 19.0 Å². The number of nitrogens with zero attached hydrogens (tertiary/aromatic N) is 3. The highest BCUT2D eigenvalue weighted by molar-refractivity contribution is 5.90. The molecule has 0 spiro atoms. The van der Waals surface area contributed by atoms with E-state index in [4.69, 9.17) is 10.8 Å². The Morgan fingerprint density at radius 3 is 2.37 bits per heavy atom. The summed E-state index contributed by atoms with van der Waals surface area (Å²) < 4.78 is 0. The fourth-order valence-corrected chi connectivity index (χ4v) is 2.28. The second kappa shape index (κ2) is 9.82. The molecule has 1 heterocycles. The average molecular weight is 372 g/mol. The number of hydrogen-bond donors (Lipinski definition) is 4. The van der Waals surface area contributed by atoms with Crippen molar-refractivity contribution < 1.29 is 19.5 Å². The van der Waals surface area contributed by atoms with Crippen LogP contribution in [0.4, 0.5) is 10.7 Å². The van der Waals surface area contributed by atoms with E-state index in [9.17, 15) is 14.4 Å². The molecule has 2 aromatic rings. The molecule has 10 nitrogen and oxygen atoms in total. The van der Waals surface area contributed by atoms with Gasteiger partial charge >= 0.3 is 6.03 Å². The number of nitrogens with one attached hydrogen (secondary N) is 2. The molecule has 0 aliphatic heterocycles. The summed E-state index contributed by atoms with van der Waals surface area (Å²) in [5, 5.41) is 14.0. The highest BCUT2D eigenvalue weighted by Crippen LogP contribution is 2.12. The molecule has 1 aromatic carbocycles. The third kappa shape index (κ3) is 5.75. The number of benzene rings is 1. The first-order valence-corrected chi connectivity index (χ1v) is 8.09. The maximum Gasteiger partial charge on any atom is 0.321 e. The molecule has 2 rings (SSSR count).